The molecule has 0 aliphatic carbocycles. The fourth-order valence-corrected chi connectivity index (χ4v) is 6.14. The van der Waals surface area contributed by atoms with E-state index in [0.717, 1.165) is 50.3 Å². The fourth-order valence-electron chi connectivity index (χ4n) is 6.14. The van der Waals surface area contributed by atoms with Crippen LogP contribution in [0.3, 0.4) is 0 Å². The van der Waals surface area contributed by atoms with Crippen molar-refractivity contribution in [2.45, 2.75) is 31.7 Å². The Morgan fingerprint density at radius 2 is 1.85 bits per heavy atom. The minimum Gasteiger partial charge on any atom is -0.396 e. The summed E-state index contributed by atoms with van der Waals surface area (Å²) in [5.41, 5.74) is 1.41. The number of nitrogens with zero attached hydrogens (tertiary/aromatic N) is 4. The average molecular weight is 372 g/mol. The lowest BCUT2D eigenvalue weighted by atomic mass is 9.91. The first kappa shape index (κ1) is 17.6. The summed E-state index contributed by atoms with van der Waals surface area (Å²) in [7, 11) is 0. The Balaban J connectivity index is 1.49. The topological polar surface area (TPSA) is 47.0 Å². The summed E-state index contributed by atoms with van der Waals surface area (Å²) in [6.07, 6.45) is 2.44. The lowest BCUT2D eigenvalue weighted by Gasteiger charge is -2.65. The third-order valence-electron chi connectivity index (χ3n) is 7.31. The lowest BCUT2D eigenvalue weighted by Crippen LogP contribution is -2.84. The molecular weight excluding hydrogens is 340 g/mol. The largest absolute Gasteiger partial charge is 0.396 e. The first-order valence-electron chi connectivity index (χ1n) is 10.5. The number of amides is 1. The molecule has 1 N–H and O–H groups in total. The third-order valence-corrected chi connectivity index (χ3v) is 7.31. The van der Waals surface area contributed by atoms with Gasteiger partial charge in [-0.2, -0.15) is 0 Å². The number of rotatable bonds is 4. The van der Waals surface area contributed by atoms with E-state index in [1.54, 1.807) is 0 Å². The van der Waals surface area contributed by atoms with Crippen molar-refractivity contribution in [1.29, 1.82) is 0 Å². The van der Waals surface area contributed by atoms with E-state index in [-0.39, 0.29) is 24.6 Å². The minimum atomic E-state index is -0.0319. The summed E-state index contributed by atoms with van der Waals surface area (Å²) in [5.74, 6) is 0.241. The van der Waals surface area contributed by atoms with Crippen molar-refractivity contribution in [3.8, 4) is 0 Å². The molecule has 4 aliphatic heterocycles. The molecule has 4 fully saturated rings. The lowest BCUT2D eigenvalue weighted by molar-refractivity contribution is -0.989. The maximum atomic E-state index is 13.1. The van der Waals surface area contributed by atoms with Crippen molar-refractivity contribution in [3.63, 3.8) is 0 Å². The average Bonchev–Trinajstić information content (AvgIpc) is 2.69. The van der Waals surface area contributed by atoms with Crippen molar-refractivity contribution >= 4 is 5.91 Å². The second-order valence-electron chi connectivity index (χ2n) is 8.76. The SMILES string of the molecule is O=C1[C@H](CCO)CN2CCN3CCC[N@@+]4(Cc5ccccc5)CCN1[C@@H]2[C@@H]34. The molecule has 146 valence electrons. The van der Waals surface area contributed by atoms with Gasteiger partial charge in [-0.25, -0.2) is 4.90 Å². The van der Waals surface area contributed by atoms with Gasteiger partial charge in [-0.3, -0.25) is 9.69 Å². The van der Waals surface area contributed by atoms with Crippen LogP contribution < -0.4 is 0 Å². The minimum absolute atomic E-state index is 0.0319. The summed E-state index contributed by atoms with van der Waals surface area (Å²) in [5, 5.41) is 9.39. The molecule has 4 atom stereocenters. The normalized spacial score (nSPS) is 36.6. The zero-order chi connectivity index (χ0) is 18.4. The zero-order valence-corrected chi connectivity index (χ0v) is 16.0. The van der Waals surface area contributed by atoms with Crippen LogP contribution in [-0.4, -0.2) is 94.9 Å². The molecule has 0 radical (unpaired) electrons. The Morgan fingerprint density at radius 1 is 1.04 bits per heavy atom. The Hall–Kier alpha value is -1.47. The van der Waals surface area contributed by atoms with Crippen molar-refractivity contribution in [1.82, 2.24) is 14.7 Å². The molecule has 5 rings (SSSR count). The van der Waals surface area contributed by atoms with Crippen LogP contribution in [0, 0.1) is 5.92 Å². The molecular formula is C21H31N4O2+. The molecule has 6 heteroatoms. The Labute approximate surface area is 161 Å². The molecule has 0 aromatic heterocycles. The molecule has 27 heavy (non-hydrogen) atoms. The predicted octanol–water partition coefficient (Wildman–Crippen LogP) is 0.531. The highest BCUT2D eigenvalue weighted by Crippen LogP contribution is 2.40. The van der Waals surface area contributed by atoms with Gasteiger partial charge in [0.2, 0.25) is 5.91 Å². The van der Waals surface area contributed by atoms with Crippen molar-refractivity contribution in [2.24, 2.45) is 5.92 Å². The molecule has 0 bridgehead atoms. The summed E-state index contributed by atoms with van der Waals surface area (Å²) in [6.45, 7) is 8.38. The van der Waals surface area contributed by atoms with Crippen LogP contribution >= 0.6 is 0 Å². The van der Waals surface area contributed by atoms with Crippen molar-refractivity contribution < 1.29 is 14.4 Å². The number of benzene rings is 1. The first-order chi connectivity index (χ1) is 13.2. The van der Waals surface area contributed by atoms with Crippen LogP contribution in [0.1, 0.15) is 18.4 Å². The number of hydrogen-bond acceptors (Lipinski definition) is 4. The standard InChI is InChI=1S/C21H31N4O2/c26-14-7-18-15-23-10-9-22-8-4-12-25(16-17-5-2-1-3-6-17)13-11-24(21(18)27)19(23)20(22)25/h1-3,5-6,18-20,26H,4,7-16H2/q+1/t18-,19-,20+,25+/m1/s1. The van der Waals surface area contributed by atoms with E-state index in [0.29, 0.717) is 12.6 Å². The van der Waals surface area contributed by atoms with E-state index in [1.165, 1.54) is 18.5 Å². The number of carbonyl (C=O) groups is 1. The number of aliphatic hydroxyl groups excluding tert-OH is 1. The van der Waals surface area contributed by atoms with Gasteiger partial charge in [-0.1, -0.05) is 30.3 Å². The fraction of sp³-hybridized carbons (Fsp3) is 0.667. The second-order valence-corrected chi connectivity index (χ2v) is 8.76. The van der Waals surface area contributed by atoms with Crippen LogP contribution in [0.5, 0.6) is 0 Å². The summed E-state index contributed by atoms with van der Waals surface area (Å²) in [6, 6.07) is 10.9. The van der Waals surface area contributed by atoms with Gasteiger partial charge in [-0.05, 0) is 6.42 Å². The molecule has 4 heterocycles. The van der Waals surface area contributed by atoms with Crippen LogP contribution in [0.15, 0.2) is 30.3 Å². The van der Waals surface area contributed by atoms with Crippen LogP contribution in [0.2, 0.25) is 0 Å². The highest BCUT2D eigenvalue weighted by atomic mass is 16.3. The van der Waals surface area contributed by atoms with E-state index >= 15 is 0 Å². The van der Waals surface area contributed by atoms with E-state index < -0.39 is 0 Å². The number of quaternary nitrogens is 1. The van der Waals surface area contributed by atoms with Gasteiger partial charge in [0.1, 0.15) is 6.54 Å². The molecule has 6 nitrogen and oxygen atoms in total. The van der Waals surface area contributed by atoms with E-state index in [1.807, 2.05) is 0 Å². The monoisotopic (exact) mass is 371 g/mol. The van der Waals surface area contributed by atoms with Gasteiger partial charge < -0.3 is 14.5 Å². The van der Waals surface area contributed by atoms with E-state index in [2.05, 4.69) is 45.0 Å². The molecule has 4 saturated heterocycles. The molecule has 1 aromatic rings. The van der Waals surface area contributed by atoms with Gasteiger partial charge >= 0.3 is 0 Å². The quantitative estimate of drug-likeness (QED) is 0.785. The maximum absolute atomic E-state index is 13.1. The van der Waals surface area contributed by atoms with Crippen LogP contribution in [0.25, 0.3) is 0 Å². The predicted molar refractivity (Wildman–Crippen MR) is 102 cm³/mol. The number of piperazine rings is 2. The van der Waals surface area contributed by atoms with E-state index in [4.69, 9.17) is 0 Å². The summed E-state index contributed by atoms with van der Waals surface area (Å²) >= 11 is 0. The summed E-state index contributed by atoms with van der Waals surface area (Å²) < 4.78 is 1.10. The molecule has 4 aliphatic rings. The molecule has 0 unspecified atom stereocenters. The van der Waals surface area contributed by atoms with Gasteiger partial charge in [0.25, 0.3) is 0 Å². The summed E-state index contributed by atoms with van der Waals surface area (Å²) in [4.78, 5) is 20.5. The highest BCUT2D eigenvalue weighted by molar-refractivity contribution is 5.80. The van der Waals surface area contributed by atoms with Gasteiger partial charge in [0.15, 0.2) is 12.3 Å². The zero-order valence-electron chi connectivity index (χ0n) is 16.0. The number of aliphatic hydroxyl groups is 1. The van der Waals surface area contributed by atoms with Gasteiger partial charge in [0.05, 0.1) is 25.6 Å². The second kappa shape index (κ2) is 6.85. The van der Waals surface area contributed by atoms with Crippen LogP contribution in [-0.2, 0) is 11.3 Å². The third kappa shape index (κ3) is 2.81. The number of carbonyl (C=O) groups excluding carboxylic acids is 1. The van der Waals surface area contributed by atoms with Gasteiger partial charge in [-0.15, -0.1) is 0 Å². The molecule has 0 spiro atoms. The Morgan fingerprint density at radius 3 is 2.67 bits per heavy atom. The Bertz CT molecular complexity index is 699. The Kier molecular flexibility index (Phi) is 4.47. The van der Waals surface area contributed by atoms with Crippen LogP contribution in [0.4, 0.5) is 0 Å². The number of hydrogen-bond donors (Lipinski definition) is 1. The molecule has 1 amide bonds. The molecule has 0 saturated carbocycles. The smallest absolute Gasteiger partial charge is 0.228 e. The molecule has 1 aromatic carbocycles. The van der Waals surface area contributed by atoms with E-state index in [9.17, 15) is 9.90 Å². The van der Waals surface area contributed by atoms with Gasteiger partial charge in [0, 0.05) is 44.8 Å². The maximum Gasteiger partial charge on any atom is 0.228 e. The first-order valence-corrected chi connectivity index (χ1v) is 10.5. The highest BCUT2D eigenvalue weighted by Gasteiger charge is 2.60. The van der Waals surface area contributed by atoms with Crippen molar-refractivity contribution in [2.75, 3.05) is 52.4 Å². The van der Waals surface area contributed by atoms with Crippen molar-refractivity contribution in [3.05, 3.63) is 35.9 Å².